The SMILES string of the molecule is CCN(Cc1cccc(CN2CCCC2)c1)c1nc(OCC2(C)CC2)nc(N)c1N=O. The third kappa shape index (κ3) is 5.31. The van der Waals surface area contributed by atoms with Gasteiger partial charge in [-0.15, -0.1) is 4.91 Å². The minimum absolute atomic E-state index is 0.0529. The van der Waals surface area contributed by atoms with E-state index in [1.54, 1.807) is 0 Å². The number of hydrogen-bond acceptors (Lipinski definition) is 8. The van der Waals surface area contributed by atoms with E-state index in [2.05, 4.69) is 51.2 Å². The first-order valence-electron chi connectivity index (χ1n) is 11.2. The van der Waals surface area contributed by atoms with Crippen molar-refractivity contribution in [2.75, 3.05) is 36.9 Å². The van der Waals surface area contributed by atoms with Gasteiger partial charge >= 0.3 is 6.01 Å². The van der Waals surface area contributed by atoms with Crippen LogP contribution in [0.5, 0.6) is 6.01 Å². The Morgan fingerprint density at radius 2 is 1.97 bits per heavy atom. The predicted octanol–water partition coefficient (Wildman–Crippen LogP) is 4.26. The molecule has 2 N–H and O–H groups in total. The zero-order chi connectivity index (χ0) is 21.8. The Balaban J connectivity index is 1.53. The first-order chi connectivity index (χ1) is 15.0. The van der Waals surface area contributed by atoms with Gasteiger partial charge in [0.05, 0.1) is 6.61 Å². The van der Waals surface area contributed by atoms with Crippen LogP contribution in [0.25, 0.3) is 0 Å². The Hall–Kier alpha value is -2.74. The van der Waals surface area contributed by atoms with E-state index in [4.69, 9.17) is 10.5 Å². The van der Waals surface area contributed by atoms with Crippen molar-refractivity contribution in [3.63, 3.8) is 0 Å². The fourth-order valence-corrected chi connectivity index (χ4v) is 3.99. The highest BCUT2D eigenvalue weighted by Gasteiger charge is 2.38. The Morgan fingerprint density at radius 3 is 2.65 bits per heavy atom. The predicted molar refractivity (Wildman–Crippen MR) is 122 cm³/mol. The zero-order valence-corrected chi connectivity index (χ0v) is 18.5. The van der Waals surface area contributed by atoms with E-state index < -0.39 is 0 Å². The van der Waals surface area contributed by atoms with Crippen LogP contribution in [0.2, 0.25) is 0 Å². The summed E-state index contributed by atoms with van der Waals surface area (Å²) in [6, 6.07) is 8.79. The molecule has 1 saturated carbocycles. The van der Waals surface area contributed by atoms with E-state index in [9.17, 15) is 4.91 Å². The Kier molecular flexibility index (Phi) is 6.36. The number of hydrogen-bond donors (Lipinski definition) is 1. The fourth-order valence-electron chi connectivity index (χ4n) is 3.99. The summed E-state index contributed by atoms with van der Waals surface area (Å²) in [5.41, 5.74) is 8.75. The van der Waals surface area contributed by atoms with Crippen LogP contribution < -0.4 is 15.4 Å². The second-order valence-corrected chi connectivity index (χ2v) is 9.07. The molecule has 8 heteroatoms. The maximum absolute atomic E-state index is 11.5. The molecule has 2 aromatic rings. The van der Waals surface area contributed by atoms with Crippen molar-refractivity contribution >= 4 is 17.3 Å². The topological polar surface area (TPSA) is 96.9 Å². The minimum Gasteiger partial charge on any atom is -0.463 e. The van der Waals surface area contributed by atoms with Gasteiger partial charge in [-0.25, -0.2) is 0 Å². The van der Waals surface area contributed by atoms with Gasteiger partial charge in [-0.2, -0.15) is 9.97 Å². The monoisotopic (exact) mass is 424 g/mol. The van der Waals surface area contributed by atoms with E-state index in [-0.39, 0.29) is 22.9 Å². The van der Waals surface area contributed by atoms with Gasteiger partial charge in [-0.05, 0) is 62.0 Å². The lowest BCUT2D eigenvalue weighted by Crippen LogP contribution is -2.24. The molecule has 0 unspecified atom stereocenters. The second-order valence-electron chi connectivity index (χ2n) is 9.07. The molecular weight excluding hydrogens is 392 g/mol. The molecular formula is C23H32N6O2. The van der Waals surface area contributed by atoms with Crippen LogP contribution >= 0.6 is 0 Å². The van der Waals surface area contributed by atoms with Gasteiger partial charge in [-0.3, -0.25) is 4.90 Å². The van der Waals surface area contributed by atoms with Crippen LogP contribution in [-0.4, -0.2) is 41.1 Å². The highest BCUT2D eigenvalue weighted by Crippen LogP contribution is 2.45. The average Bonchev–Trinajstić information content (AvgIpc) is 3.28. The Morgan fingerprint density at radius 1 is 1.23 bits per heavy atom. The smallest absolute Gasteiger partial charge is 0.320 e. The van der Waals surface area contributed by atoms with Crippen LogP contribution in [0.4, 0.5) is 17.3 Å². The number of nitrogen functional groups attached to an aromatic ring is 1. The van der Waals surface area contributed by atoms with Gasteiger partial charge in [-0.1, -0.05) is 31.2 Å². The quantitative estimate of drug-likeness (QED) is 0.569. The number of nitrogens with two attached hydrogens (primary N) is 1. The molecule has 0 atom stereocenters. The van der Waals surface area contributed by atoms with Crippen LogP contribution in [0.3, 0.4) is 0 Å². The number of ether oxygens (including phenoxy) is 1. The largest absolute Gasteiger partial charge is 0.463 e. The Labute approximate surface area is 183 Å². The molecule has 2 heterocycles. The third-order valence-corrected chi connectivity index (χ3v) is 6.27. The fraction of sp³-hybridized carbons (Fsp3) is 0.565. The normalized spacial score (nSPS) is 17.5. The van der Waals surface area contributed by atoms with Crippen LogP contribution in [0.1, 0.15) is 50.7 Å². The molecule has 4 rings (SSSR count). The maximum atomic E-state index is 11.5. The molecule has 1 aromatic heterocycles. The number of rotatable bonds is 10. The number of benzene rings is 1. The van der Waals surface area contributed by atoms with Crippen molar-refractivity contribution in [1.29, 1.82) is 0 Å². The van der Waals surface area contributed by atoms with Crippen molar-refractivity contribution in [2.45, 2.75) is 52.6 Å². The van der Waals surface area contributed by atoms with Gasteiger partial charge in [0.2, 0.25) is 0 Å². The van der Waals surface area contributed by atoms with Crippen LogP contribution in [-0.2, 0) is 13.1 Å². The number of aromatic nitrogens is 2. The van der Waals surface area contributed by atoms with Crippen LogP contribution in [0, 0.1) is 10.3 Å². The maximum Gasteiger partial charge on any atom is 0.320 e. The molecule has 0 amide bonds. The lowest BCUT2D eigenvalue weighted by molar-refractivity contribution is 0.230. The molecule has 166 valence electrons. The summed E-state index contributed by atoms with van der Waals surface area (Å²) in [7, 11) is 0. The van der Waals surface area contributed by atoms with E-state index >= 15 is 0 Å². The van der Waals surface area contributed by atoms with E-state index in [0.717, 1.165) is 24.9 Å². The summed E-state index contributed by atoms with van der Waals surface area (Å²) >= 11 is 0. The number of likely N-dealkylation sites (tertiary alicyclic amines) is 1. The van der Waals surface area contributed by atoms with Gasteiger partial charge < -0.3 is 15.4 Å². The first-order valence-corrected chi connectivity index (χ1v) is 11.2. The standard InChI is InChI=1S/C23H32N6O2/c1-3-29(15-18-8-6-7-17(13-18)14-28-11-4-5-12-28)21-19(27-30)20(24)25-22(26-21)31-16-23(2)9-10-23/h6-8,13H,3-5,9-12,14-16H2,1-2H3,(H2,24,25,26). The van der Waals surface area contributed by atoms with Crippen molar-refractivity contribution in [3.8, 4) is 6.01 Å². The lowest BCUT2D eigenvalue weighted by atomic mass is 10.1. The molecule has 1 aliphatic carbocycles. The van der Waals surface area contributed by atoms with E-state index in [0.29, 0.717) is 25.5 Å². The number of nitrogens with zero attached hydrogens (tertiary/aromatic N) is 5. The van der Waals surface area contributed by atoms with Gasteiger partial charge in [0.1, 0.15) is 0 Å². The highest BCUT2D eigenvalue weighted by molar-refractivity contribution is 5.73. The van der Waals surface area contributed by atoms with Crippen LogP contribution in [0.15, 0.2) is 29.4 Å². The summed E-state index contributed by atoms with van der Waals surface area (Å²) in [5, 5.41) is 3.12. The van der Waals surface area contributed by atoms with Crippen molar-refractivity contribution < 1.29 is 4.74 Å². The van der Waals surface area contributed by atoms with E-state index in [1.165, 1.54) is 31.5 Å². The summed E-state index contributed by atoms with van der Waals surface area (Å²) in [5.74, 6) is 0.475. The molecule has 1 saturated heterocycles. The lowest BCUT2D eigenvalue weighted by Gasteiger charge is -2.24. The molecule has 1 aromatic carbocycles. The summed E-state index contributed by atoms with van der Waals surface area (Å²) in [4.78, 5) is 24.7. The van der Waals surface area contributed by atoms with Crippen molar-refractivity contribution in [3.05, 3.63) is 40.3 Å². The summed E-state index contributed by atoms with van der Waals surface area (Å²) < 4.78 is 5.81. The molecule has 8 nitrogen and oxygen atoms in total. The molecule has 0 bridgehead atoms. The zero-order valence-electron chi connectivity index (χ0n) is 18.5. The van der Waals surface area contributed by atoms with Crippen molar-refractivity contribution in [2.24, 2.45) is 10.6 Å². The molecule has 2 fully saturated rings. The second kappa shape index (κ2) is 9.18. The number of nitroso groups, excluding NO2 is 1. The molecule has 31 heavy (non-hydrogen) atoms. The van der Waals surface area contributed by atoms with E-state index in [1.807, 2.05) is 11.8 Å². The third-order valence-electron chi connectivity index (χ3n) is 6.27. The Bertz CT molecular complexity index is 924. The molecule has 1 aliphatic heterocycles. The average molecular weight is 425 g/mol. The van der Waals surface area contributed by atoms with Gasteiger partial charge in [0, 0.05) is 25.0 Å². The van der Waals surface area contributed by atoms with Gasteiger partial charge in [0.15, 0.2) is 17.3 Å². The minimum atomic E-state index is 0.0529. The summed E-state index contributed by atoms with van der Waals surface area (Å²) in [6.45, 7) is 9.29. The molecule has 2 aliphatic rings. The highest BCUT2D eigenvalue weighted by atomic mass is 16.5. The molecule has 0 radical (unpaired) electrons. The number of anilines is 2. The van der Waals surface area contributed by atoms with Gasteiger partial charge in [0.25, 0.3) is 0 Å². The first kappa shape index (κ1) is 21.5. The van der Waals surface area contributed by atoms with Crippen molar-refractivity contribution in [1.82, 2.24) is 14.9 Å². The summed E-state index contributed by atoms with van der Waals surface area (Å²) in [6.07, 6.45) is 4.84. The molecule has 0 spiro atoms.